The molecule has 5 rings (SSSR count). The van der Waals surface area contributed by atoms with Crippen LogP contribution in [0, 0.1) is 12.8 Å². The lowest BCUT2D eigenvalue weighted by atomic mass is 9.79. The van der Waals surface area contributed by atoms with E-state index in [1.54, 1.807) is 0 Å². The molecule has 1 aliphatic heterocycles. The SMILES string of the molecule is Cc1cc(-c2cn(C)nc2C2CCC(CNC(=O)c3ccc4c(c3)C[C@H](C)O4)CC2)on1. The van der Waals surface area contributed by atoms with Gasteiger partial charge in [-0.2, -0.15) is 5.10 Å². The summed E-state index contributed by atoms with van der Waals surface area (Å²) in [5.74, 6) is 2.59. The number of aryl methyl sites for hydroxylation is 2. The van der Waals surface area contributed by atoms with Crippen LogP contribution in [0.25, 0.3) is 11.3 Å². The van der Waals surface area contributed by atoms with Gasteiger partial charge in [0, 0.05) is 43.8 Å². The van der Waals surface area contributed by atoms with Crippen LogP contribution < -0.4 is 10.1 Å². The molecule has 1 amide bonds. The highest BCUT2D eigenvalue weighted by atomic mass is 16.5. The summed E-state index contributed by atoms with van der Waals surface area (Å²) < 4.78 is 13.1. The van der Waals surface area contributed by atoms with Crippen molar-refractivity contribution in [3.63, 3.8) is 0 Å². The number of aromatic nitrogens is 3. The Morgan fingerprint density at radius 1 is 1.22 bits per heavy atom. The van der Waals surface area contributed by atoms with Gasteiger partial charge in [0.15, 0.2) is 5.76 Å². The lowest BCUT2D eigenvalue weighted by molar-refractivity contribution is 0.0942. The van der Waals surface area contributed by atoms with E-state index in [1.807, 2.05) is 49.1 Å². The first-order valence-corrected chi connectivity index (χ1v) is 11.5. The van der Waals surface area contributed by atoms with Crippen LogP contribution in [0.3, 0.4) is 0 Å². The van der Waals surface area contributed by atoms with Gasteiger partial charge in [-0.1, -0.05) is 5.16 Å². The summed E-state index contributed by atoms with van der Waals surface area (Å²) in [7, 11) is 1.95. The molecule has 1 aliphatic carbocycles. The van der Waals surface area contributed by atoms with Crippen LogP contribution in [0.15, 0.2) is 35.0 Å². The molecule has 3 aromatic rings. The topological polar surface area (TPSA) is 82.2 Å². The van der Waals surface area contributed by atoms with E-state index in [1.165, 1.54) is 0 Å². The smallest absolute Gasteiger partial charge is 0.251 e. The van der Waals surface area contributed by atoms with E-state index in [0.717, 1.165) is 71.7 Å². The summed E-state index contributed by atoms with van der Waals surface area (Å²) >= 11 is 0. The summed E-state index contributed by atoms with van der Waals surface area (Å²) in [5.41, 5.74) is 4.86. The number of nitrogens with one attached hydrogen (secondary N) is 1. The second kappa shape index (κ2) is 8.45. The summed E-state index contributed by atoms with van der Waals surface area (Å²) in [5, 5.41) is 11.9. The second-order valence-corrected chi connectivity index (χ2v) is 9.32. The fraction of sp³-hybridized carbons (Fsp3) is 0.480. The van der Waals surface area contributed by atoms with E-state index in [4.69, 9.17) is 14.4 Å². The molecule has 3 heterocycles. The van der Waals surface area contributed by atoms with Gasteiger partial charge in [0.25, 0.3) is 5.91 Å². The average Bonchev–Trinajstić information content (AvgIpc) is 3.48. The van der Waals surface area contributed by atoms with Crippen molar-refractivity contribution in [2.45, 2.75) is 58.0 Å². The molecule has 0 unspecified atom stereocenters. The maximum atomic E-state index is 12.7. The van der Waals surface area contributed by atoms with Crippen LogP contribution in [-0.4, -0.2) is 33.5 Å². The molecule has 0 bridgehead atoms. The van der Waals surface area contributed by atoms with Crippen LogP contribution in [0.4, 0.5) is 0 Å². The number of hydrogen-bond acceptors (Lipinski definition) is 5. The molecule has 1 aromatic carbocycles. The Labute approximate surface area is 188 Å². The van der Waals surface area contributed by atoms with Gasteiger partial charge in [-0.15, -0.1) is 0 Å². The molecular weight excluding hydrogens is 404 g/mol. The minimum atomic E-state index is 0.00202. The first-order valence-electron chi connectivity index (χ1n) is 11.5. The summed E-state index contributed by atoms with van der Waals surface area (Å²) in [6, 6.07) is 7.71. The Hall–Kier alpha value is -3.09. The quantitative estimate of drug-likeness (QED) is 0.643. The van der Waals surface area contributed by atoms with Crippen molar-refractivity contribution in [1.82, 2.24) is 20.3 Å². The molecule has 32 heavy (non-hydrogen) atoms. The highest BCUT2D eigenvalue weighted by Gasteiger charge is 2.28. The largest absolute Gasteiger partial charge is 0.490 e. The standard InChI is InChI=1S/C25H30N4O3/c1-15-10-23(32-28-15)21-14-29(3)27-24(21)18-6-4-17(5-7-18)13-26-25(30)19-8-9-22-20(12-19)11-16(2)31-22/h8-10,12,14,16-18H,4-7,11,13H2,1-3H3,(H,26,30)/t16-,17?,18?/m0/s1. The van der Waals surface area contributed by atoms with Crippen LogP contribution in [0.1, 0.15) is 65.8 Å². The Kier molecular flexibility index (Phi) is 5.49. The third-order valence-electron chi connectivity index (χ3n) is 6.69. The normalized spacial score (nSPS) is 22.4. The average molecular weight is 435 g/mol. The van der Waals surface area contributed by atoms with Crippen molar-refractivity contribution in [3.05, 3.63) is 53.0 Å². The molecule has 7 nitrogen and oxygen atoms in total. The number of fused-ring (bicyclic) bond motifs is 1. The van der Waals surface area contributed by atoms with E-state index in [-0.39, 0.29) is 12.0 Å². The number of carbonyl (C=O) groups excluding carboxylic acids is 1. The van der Waals surface area contributed by atoms with Crippen molar-refractivity contribution in [1.29, 1.82) is 0 Å². The fourth-order valence-electron chi connectivity index (χ4n) is 5.03. The predicted molar refractivity (Wildman–Crippen MR) is 121 cm³/mol. The lowest BCUT2D eigenvalue weighted by Gasteiger charge is -2.28. The van der Waals surface area contributed by atoms with Gasteiger partial charge in [-0.3, -0.25) is 9.48 Å². The Morgan fingerprint density at radius 2 is 2.03 bits per heavy atom. The number of ether oxygens (including phenoxy) is 1. The van der Waals surface area contributed by atoms with E-state index in [9.17, 15) is 4.79 Å². The maximum absolute atomic E-state index is 12.7. The number of amides is 1. The Morgan fingerprint density at radius 3 is 2.78 bits per heavy atom. The number of hydrogen-bond donors (Lipinski definition) is 1. The van der Waals surface area contributed by atoms with Gasteiger partial charge in [0.2, 0.25) is 0 Å². The molecule has 2 aliphatic rings. The molecule has 0 saturated heterocycles. The predicted octanol–water partition coefficient (Wildman–Crippen LogP) is 4.41. The number of benzene rings is 1. The first-order chi connectivity index (χ1) is 15.5. The molecule has 0 spiro atoms. The second-order valence-electron chi connectivity index (χ2n) is 9.32. The van der Waals surface area contributed by atoms with Gasteiger partial charge < -0.3 is 14.6 Å². The molecule has 1 fully saturated rings. The molecule has 1 atom stereocenters. The van der Waals surface area contributed by atoms with Gasteiger partial charge >= 0.3 is 0 Å². The first kappa shape index (κ1) is 20.8. The van der Waals surface area contributed by atoms with E-state index in [0.29, 0.717) is 18.4 Å². The zero-order valence-corrected chi connectivity index (χ0v) is 18.9. The molecule has 168 valence electrons. The van der Waals surface area contributed by atoms with Gasteiger partial charge in [0.1, 0.15) is 11.9 Å². The minimum absolute atomic E-state index is 0.00202. The Bertz CT molecular complexity index is 1120. The summed E-state index contributed by atoms with van der Waals surface area (Å²) in [4.78, 5) is 12.7. The molecule has 1 saturated carbocycles. The molecule has 2 aromatic heterocycles. The highest BCUT2D eigenvalue weighted by Crippen LogP contribution is 2.39. The minimum Gasteiger partial charge on any atom is -0.490 e. The van der Waals surface area contributed by atoms with Crippen molar-refractivity contribution in [3.8, 4) is 17.1 Å². The van der Waals surface area contributed by atoms with Crippen molar-refractivity contribution >= 4 is 5.91 Å². The highest BCUT2D eigenvalue weighted by molar-refractivity contribution is 5.94. The van der Waals surface area contributed by atoms with E-state index in [2.05, 4.69) is 17.4 Å². The molecule has 7 heteroatoms. The van der Waals surface area contributed by atoms with E-state index < -0.39 is 0 Å². The zero-order valence-electron chi connectivity index (χ0n) is 18.9. The van der Waals surface area contributed by atoms with Crippen LogP contribution in [0.2, 0.25) is 0 Å². The van der Waals surface area contributed by atoms with Crippen molar-refractivity contribution in [2.24, 2.45) is 13.0 Å². The van der Waals surface area contributed by atoms with Crippen LogP contribution >= 0.6 is 0 Å². The zero-order chi connectivity index (χ0) is 22.2. The number of carbonyl (C=O) groups is 1. The summed E-state index contributed by atoms with van der Waals surface area (Å²) in [6.45, 7) is 4.70. The van der Waals surface area contributed by atoms with Crippen molar-refractivity contribution in [2.75, 3.05) is 6.54 Å². The maximum Gasteiger partial charge on any atom is 0.251 e. The van der Waals surface area contributed by atoms with Gasteiger partial charge in [-0.25, -0.2) is 0 Å². The summed E-state index contributed by atoms with van der Waals surface area (Å²) in [6.07, 6.45) is 7.34. The third kappa shape index (κ3) is 4.16. The molecule has 1 N–H and O–H groups in total. The van der Waals surface area contributed by atoms with E-state index >= 15 is 0 Å². The van der Waals surface area contributed by atoms with Crippen molar-refractivity contribution < 1.29 is 14.1 Å². The van der Waals surface area contributed by atoms with Gasteiger partial charge in [0.05, 0.1) is 17.0 Å². The lowest BCUT2D eigenvalue weighted by Crippen LogP contribution is -2.31. The number of rotatable bonds is 5. The Balaban J connectivity index is 1.17. The molecular formula is C25H30N4O3. The van der Waals surface area contributed by atoms with Crippen LogP contribution in [0.5, 0.6) is 5.75 Å². The van der Waals surface area contributed by atoms with Crippen LogP contribution in [-0.2, 0) is 13.5 Å². The third-order valence-corrected chi connectivity index (χ3v) is 6.69. The number of nitrogens with zero attached hydrogens (tertiary/aromatic N) is 3. The molecule has 0 radical (unpaired) electrons. The van der Waals surface area contributed by atoms with Gasteiger partial charge in [-0.05, 0) is 69.2 Å². The fourth-order valence-corrected chi connectivity index (χ4v) is 5.03. The monoisotopic (exact) mass is 434 g/mol.